The Morgan fingerprint density at radius 3 is 1.97 bits per heavy atom. The lowest BCUT2D eigenvalue weighted by Crippen LogP contribution is -2.24. The van der Waals surface area contributed by atoms with E-state index in [1.165, 1.54) is 0 Å². The SMILES string of the molecule is Cc1cc(CCC(=O)OC(C)(C)C)cc(N=C(c2ccccc2)c2ccccc2)c1. The number of ether oxygens (including phenoxy) is 1. The largest absolute Gasteiger partial charge is 0.460 e. The zero-order chi connectivity index (χ0) is 21.6. The summed E-state index contributed by atoms with van der Waals surface area (Å²) >= 11 is 0. The molecule has 0 radical (unpaired) electrons. The van der Waals surface area contributed by atoms with E-state index in [1.807, 2.05) is 57.2 Å². The third-order valence-electron chi connectivity index (χ3n) is 4.50. The highest BCUT2D eigenvalue weighted by molar-refractivity contribution is 6.13. The van der Waals surface area contributed by atoms with E-state index >= 15 is 0 Å². The highest BCUT2D eigenvalue weighted by Crippen LogP contribution is 2.23. The van der Waals surface area contributed by atoms with E-state index < -0.39 is 5.60 Å². The van der Waals surface area contributed by atoms with Gasteiger partial charge in [-0.15, -0.1) is 0 Å². The summed E-state index contributed by atoms with van der Waals surface area (Å²) in [4.78, 5) is 17.1. The Kier molecular flexibility index (Phi) is 6.83. The molecule has 0 atom stereocenters. The van der Waals surface area contributed by atoms with E-state index in [4.69, 9.17) is 9.73 Å². The minimum Gasteiger partial charge on any atom is -0.460 e. The van der Waals surface area contributed by atoms with Gasteiger partial charge in [-0.1, -0.05) is 66.7 Å². The van der Waals surface area contributed by atoms with Crippen LogP contribution in [0.4, 0.5) is 5.69 Å². The minimum absolute atomic E-state index is 0.177. The Balaban J connectivity index is 1.90. The summed E-state index contributed by atoms with van der Waals surface area (Å²) in [5, 5.41) is 0. The number of aliphatic imine (C=N–C) groups is 1. The van der Waals surface area contributed by atoms with Gasteiger partial charge in [-0.05, 0) is 57.4 Å². The summed E-state index contributed by atoms with van der Waals surface area (Å²) in [5.41, 5.74) is 5.70. The van der Waals surface area contributed by atoms with Gasteiger partial charge < -0.3 is 4.74 Å². The van der Waals surface area contributed by atoms with E-state index in [0.29, 0.717) is 12.8 Å². The van der Waals surface area contributed by atoms with Crippen LogP contribution >= 0.6 is 0 Å². The number of esters is 1. The van der Waals surface area contributed by atoms with Gasteiger partial charge in [0.2, 0.25) is 0 Å². The third kappa shape index (κ3) is 6.41. The number of carbonyl (C=O) groups excluding carboxylic acids is 1. The van der Waals surface area contributed by atoms with Gasteiger partial charge >= 0.3 is 5.97 Å². The first-order chi connectivity index (χ1) is 14.3. The van der Waals surface area contributed by atoms with Crippen molar-refractivity contribution in [3.63, 3.8) is 0 Å². The van der Waals surface area contributed by atoms with Crippen molar-refractivity contribution in [1.29, 1.82) is 0 Å². The van der Waals surface area contributed by atoms with Crippen LogP contribution in [0.25, 0.3) is 0 Å². The highest BCUT2D eigenvalue weighted by atomic mass is 16.6. The molecule has 0 amide bonds. The van der Waals surface area contributed by atoms with Crippen LogP contribution in [-0.4, -0.2) is 17.3 Å². The van der Waals surface area contributed by atoms with Gasteiger partial charge in [0.1, 0.15) is 5.60 Å². The Morgan fingerprint density at radius 1 is 0.867 bits per heavy atom. The molecule has 0 heterocycles. The van der Waals surface area contributed by atoms with Crippen LogP contribution in [0.15, 0.2) is 83.9 Å². The number of rotatable bonds is 6. The second kappa shape index (κ2) is 9.53. The normalized spacial score (nSPS) is 11.1. The minimum atomic E-state index is -0.459. The van der Waals surface area contributed by atoms with E-state index in [1.54, 1.807) is 0 Å². The van der Waals surface area contributed by atoms with Gasteiger partial charge in [0.25, 0.3) is 0 Å². The molecule has 0 aliphatic heterocycles. The van der Waals surface area contributed by atoms with Gasteiger partial charge in [0.05, 0.1) is 11.4 Å². The van der Waals surface area contributed by atoms with Crippen LogP contribution in [0, 0.1) is 6.92 Å². The van der Waals surface area contributed by atoms with E-state index in [2.05, 4.69) is 49.4 Å². The fourth-order valence-corrected chi connectivity index (χ4v) is 3.31. The first-order valence-electron chi connectivity index (χ1n) is 10.3. The average Bonchev–Trinajstić information content (AvgIpc) is 2.70. The number of aryl methyl sites for hydroxylation is 2. The zero-order valence-electron chi connectivity index (χ0n) is 18.2. The summed E-state index contributed by atoms with van der Waals surface area (Å²) in [6.07, 6.45) is 0.985. The molecule has 0 aromatic heterocycles. The molecule has 0 N–H and O–H groups in total. The fraction of sp³-hybridized carbons (Fsp3) is 0.259. The average molecular weight is 400 g/mol. The molecule has 0 fully saturated rings. The Morgan fingerprint density at radius 2 is 1.43 bits per heavy atom. The zero-order valence-corrected chi connectivity index (χ0v) is 18.2. The maximum absolute atomic E-state index is 12.1. The van der Waals surface area contributed by atoms with Crippen LogP contribution in [0.3, 0.4) is 0 Å². The van der Waals surface area contributed by atoms with Crippen LogP contribution in [0.5, 0.6) is 0 Å². The Labute approximate surface area is 179 Å². The van der Waals surface area contributed by atoms with Crippen LogP contribution < -0.4 is 0 Å². The molecule has 0 aliphatic carbocycles. The number of hydrogen-bond acceptors (Lipinski definition) is 3. The van der Waals surface area contributed by atoms with Crippen LogP contribution in [0.2, 0.25) is 0 Å². The molecule has 3 aromatic rings. The van der Waals surface area contributed by atoms with E-state index in [-0.39, 0.29) is 5.97 Å². The lowest BCUT2D eigenvalue weighted by Gasteiger charge is -2.19. The quantitative estimate of drug-likeness (QED) is 0.353. The molecule has 3 heteroatoms. The summed E-state index contributed by atoms with van der Waals surface area (Å²) in [6.45, 7) is 7.72. The second-order valence-corrected chi connectivity index (χ2v) is 8.46. The van der Waals surface area contributed by atoms with Crippen molar-refractivity contribution in [1.82, 2.24) is 0 Å². The van der Waals surface area contributed by atoms with Crippen molar-refractivity contribution in [2.75, 3.05) is 0 Å². The van der Waals surface area contributed by atoms with Crippen molar-refractivity contribution in [2.45, 2.75) is 46.1 Å². The number of hydrogen-bond donors (Lipinski definition) is 0. The van der Waals surface area contributed by atoms with Gasteiger partial charge in [-0.2, -0.15) is 0 Å². The second-order valence-electron chi connectivity index (χ2n) is 8.46. The maximum Gasteiger partial charge on any atom is 0.306 e. The van der Waals surface area contributed by atoms with Gasteiger partial charge in [0.15, 0.2) is 0 Å². The molecule has 0 spiro atoms. The molecular formula is C27H29NO2. The van der Waals surface area contributed by atoms with Gasteiger partial charge in [-0.3, -0.25) is 4.79 Å². The summed E-state index contributed by atoms with van der Waals surface area (Å²) in [7, 11) is 0. The molecule has 3 nitrogen and oxygen atoms in total. The first kappa shape index (κ1) is 21.5. The molecule has 0 unspecified atom stereocenters. The predicted octanol–water partition coefficient (Wildman–Crippen LogP) is 6.44. The van der Waals surface area contributed by atoms with Crippen LogP contribution in [0.1, 0.15) is 49.4 Å². The predicted molar refractivity (Wildman–Crippen MR) is 124 cm³/mol. The monoisotopic (exact) mass is 399 g/mol. The Hall–Kier alpha value is -3.20. The van der Waals surface area contributed by atoms with Gasteiger partial charge in [0, 0.05) is 17.5 Å². The molecule has 0 saturated carbocycles. The molecular weight excluding hydrogens is 370 g/mol. The molecule has 30 heavy (non-hydrogen) atoms. The van der Waals surface area contributed by atoms with Crippen molar-refractivity contribution >= 4 is 17.4 Å². The maximum atomic E-state index is 12.1. The molecule has 0 bridgehead atoms. The molecule has 154 valence electrons. The fourth-order valence-electron chi connectivity index (χ4n) is 3.31. The van der Waals surface area contributed by atoms with Crippen molar-refractivity contribution in [3.8, 4) is 0 Å². The molecule has 0 aliphatic rings. The van der Waals surface area contributed by atoms with Crippen molar-refractivity contribution in [3.05, 3.63) is 101 Å². The van der Waals surface area contributed by atoms with E-state index in [9.17, 15) is 4.79 Å². The molecule has 0 saturated heterocycles. The Bertz CT molecular complexity index is 974. The number of carbonyl (C=O) groups is 1. The third-order valence-corrected chi connectivity index (χ3v) is 4.50. The lowest BCUT2D eigenvalue weighted by molar-refractivity contribution is -0.154. The molecule has 3 rings (SSSR count). The smallest absolute Gasteiger partial charge is 0.306 e. The van der Waals surface area contributed by atoms with Crippen molar-refractivity contribution in [2.24, 2.45) is 4.99 Å². The highest BCUT2D eigenvalue weighted by Gasteiger charge is 2.16. The first-order valence-corrected chi connectivity index (χ1v) is 10.3. The van der Waals surface area contributed by atoms with E-state index in [0.717, 1.165) is 33.7 Å². The lowest BCUT2D eigenvalue weighted by atomic mass is 10.0. The topological polar surface area (TPSA) is 38.7 Å². The summed E-state index contributed by atoms with van der Waals surface area (Å²) < 4.78 is 5.43. The van der Waals surface area contributed by atoms with Gasteiger partial charge in [-0.25, -0.2) is 4.99 Å². The number of benzene rings is 3. The number of nitrogens with zero attached hydrogens (tertiary/aromatic N) is 1. The standard InChI is InChI=1S/C27H29NO2/c1-20-17-21(15-16-25(29)30-27(2,3)4)19-24(18-20)28-26(22-11-7-5-8-12-22)23-13-9-6-10-14-23/h5-14,17-19H,15-16H2,1-4H3. The van der Waals surface area contributed by atoms with Crippen LogP contribution in [-0.2, 0) is 16.0 Å². The summed E-state index contributed by atoms with van der Waals surface area (Å²) in [6, 6.07) is 26.6. The summed E-state index contributed by atoms with van der Waals surface area (Å²) in [5.74, 6) is -0.177. The molecule has 3 aromatic carbocycles. The van der Waals surface area contributed by atoms with Crippen molar-refractivity contribution < 1.29 is 9.53 Å².